The Morgan fingerprint density at radius 3 is 2.32 bits per heavy atom. The molecule has 1 heterocycles. The van der Waals surface area contributed by atoms with Crippen molar-refractivity contribution in [1.29, 1.82) is 0 Å². The van der Waals surface area contributed by atoms with Gasteiger partial charge in [0, 0.05) is 13.1 Å². The number of piperazine rings is 1. The molecule has 0 aliphatic carbocycles. The summed E-state index contributed by atoms with van der Waals surface area (Å²) in [6.45, 7) is 4.71. The van der Waals surface area contributed by atoms with Crippen LogP contribution in [0.25, 0.3) is 0 Å². The van der Waals surface area contributed by atoms with Gasteiger partial charge in [0.2, 0.25) is 15.9 Å². The van der Waals surface area contributed by atoms with Crippen LogP contribution >= 0.6 is 0 Å². The molecule has 1 unspecified atom stereocenters. The number of nitrogens with zero attached hydrogens (tertiary/aromatic N) is 1. The number of esters is 1. The van der Waals surface area contributed by atoms with E-state index in [0.717, 1.165) is 29.1 Å². The molecule has 0 aromatic heterocycles. The summed E-state index contributed by atoms with van der Waals surface area (Å²) in [4.78, 5) is 24.8. The minimum Gasteiger partial charge on any atom is -0.466 e. The number of carbonyl (C=O) groups excluding carboxylic acids is 2. The van der Waals surface area contributed by atoms with Crippen LogP contribution in [0.3, 0.4) is 0 Å². The molecule has 0 saturated carbocycles. The summed E-state index contributed by atoms with van der Waals surface area (Å²) in [5.41, 5.74) is 0.941. The van der Waals surface area contributed by atoms with Gasteiger partial charge in [0.25, 0.3) is 0 Å². The fourth-order valence-corrected chi connectivity index (χ4v) is 5.25. The molecule has 0 radical (unpaired) electrons. The third kappa shape index (κ3) is 7.92. The van der Waals surface area contributed by atoms with Crippen molar-refractivity contribution in [3.8, 4) is 0 Å². The molecule has 1 saturated heterocycles. The topological polar surface area (TPSA) is 92.8 Å². The molecule has 1 amide bonds. The molecule has 1 fully saturated rings. The number of rotatable bonds is 13. The number of ether oxygens (including phenoxy) is 1. The molecule has 1 aromatic rings. The van der Waals surface area contributed by atoms with Gasteiger partial charge >= 0.3 is 5.97 Å². The second kappa shape index (κ2) is 12.8. The van der Waals surface area contributed by atoms with Crippen LogP contribution in [0.1, 0.15) is 70.3 Å². The highest BCUT2D eigenvalue weighted by atomic mass is 32.2. The zero-order valence-electron chi connectivity index (χ0n) is 18.8. The predicted octanol–water partition coefficient (Wildman–Crippen LogP) is 3.56. The van der Waals surface area contributed by atoms with E-state index in [9.17, 15) is 18.0 Å². The van der Waals surface area contributed by atoms with E-state index in [-0.39, 0.29) is 24.4 Å². The van der Waals surface area contributed by atoms with Gasteiger partial charge in [0.15, 0.2) is 0 Å². The Kier molecular flexibility index (Phi) is 10.5. The lowest BCUT2D eigenvalue weighted by Crippen LogP contribution is -2.57. The van der Waals surface area contributed by atoms with Crippen molar-refractivity contribution < 1.29 is 22.7 Å². The largest absolute Gasteiger partial charge is 0.466 e. The SMILES string of the molecule is CCCCCCCCCCOC(=O)CC1C(=O)NCCN1S(=O)(=O)c1ccc(C)cc1. The summed E-state index contributed by atoms with van der Waals surface area (Å²) in [7, 11) is -3.88. The first kappa shape index (κ1) is 25.3. The number of amides is 1. The van der Waals surface area contributed by atoms with Crippen molar-refractivity contribution in [3.63, 3.8) is 0 Å². The first-order valence-electron chi connectivity index (χ1n) is 11.4. The lowest BCUT2D eigenvalue weighted by Gasteiger charge is -2.33. The standard InChI is InChI=1S/C23H36N2O5S/c1-3-4-5-6-7-8-9-10-17-30-22(26)18-21-23(27)24-15-16-25(21)31(28,29)20-13-11-19(2)12-14-20/h11-14,21H,3-10,15-18H2,1-2H3,(H,24,27). The molecule has 1 N–H and O–H groups in total. The zero-order chi connectivity index (χ0) is 22.7. The fourth-order valence-electron chi connectivity index (χ4n) is 3.66. The van der Waals surface area contributed by atoms with Crippen LogP contribution in [0.5, 0.6) is 0 Å². The predicted molar refractivity (Wildman–Crippen MR) is 120 cm³/mol. The van der Waals surface area contributed by atoms with Crippen molar-refractivity contribution in [2.45, 2.75) is 82.6 Å². The molecule has 7 nitrogen and oxygen atoms in total. The summed E-state index contributed by atoms with van der Waals surface area (Å²) in [5, 5.41) is 2.65. The van der Waals surface area contributed by atoms with Gasteiger partial charge in [0.05, 0.1) is 17.9 Å². The average Bonchev–Trinajstić information content (AvgIpc) is 2.74. The van der Waals surface area contributed by atoms with Gasteiger partial charge in [-0.25, -0.2) is 8.42 Å². The smallest absolute Gasteiger partial charge is 0.307 e. The van der Waals surface area contributed by atoms with Crippen LogP contribution in [-0.4, -0.2) is 50.3 Å². The molecule has 0 bridgehead atoms. The van der Waals surface area contributed by atoms with Crippen molar-refractivity contribution in [3.05, 3.63) is 29.8 Å². The highest BCUT2D eigenvalue weighted by Crippen LogP contribution is 2.22. The van der Waals surface area contributed by atoms with E-state index in [1.54, 1.807) is 12.1 Å². The second-order valence-electron chi connectivity index (χ2n) is 8.14. The van der Waals surface area contributed by atoms with Crippen LogP contribution < -0.4 is 5.32 Å². The molecule has 1 atom stereocenters. The maximum Gasteiger partial charge on any atom is 0.307 e. The number of hydrogen-bond donors (Lipinski definition) is 1. The van der Waals surface area contributed by atoms with E-state index in [1.165, 1.54) is 44.2 Å². The first-order chi connectivity index (χ1) is 14.9. The lowest BCUT2D eigenvalue weighted by atomic mass is 10.1. The molecule has 8 heteroatoms. The Bertz CT molecular complexity index is 808. The van der Waals surface area contributed by atoms with Crippen molar-refractivity contribution in [1.82, 2.24) is 9.62 Å². The number of hydrogen-bond acceptors (Lipinski definition) is 5. The van der Waals surface area contributed by atoms with Gasteiger partial charge in [-0.1, -0.05) is 69.6 Å². The second-order valence-corrected chi connectivity index (χ2v) is 10.0. The first-order valence-corrected chi connectivity index (χ1v) is 12.8. The van der Waals surface area contributed by atoms with Crippen molar-refractivity contribution in [2.75, 3.05) is 19.7 Å². The maximum atomic E-state index is 13.1. The highest BCUT2D eigenvalue weighted by molar-refractivity contribution is 7.89. The van der Waals surface area contributed by atoms with E-state index in [1.807, 2.05) is 6.92 Å². The van der Waals surface area contributed by atoms with Gasteiger partial charge in [-0.3, -0.25) is 9.59 Å². The van der Waals surface area contributed by atoms with Gasteiger partial charge in [0.1, 0.15) is 6.04 Å². The molecule has 31 heavy (non-hydrogen) atoms. The van der Waals surface area contributed by atoms with Gasteiger partial charge in [-0.2, -0.15) is 4.31 Å². The molecule has 1 aliphatic heterocycles. The third-order valence-electron chi connectivity index (χ3n) is 5.53. The van der Waals surface area contributed by atoms with Crippen LogP contribution in [0, 0.1) is 6.92 Å². The van der Waals surface area contributed by atoms with E-state index >= 15 is 0 Å². The van der Waals surface area contributed by atoms with Gasteiger partial charge in [-0.15, -0.1) is 0 Å². The fraction of sp³-hybridized carbons (Fsp3) is 0.652. The number of benzene rings is 1. The zero-order valence-corrected chi connectivity index (χ0v) is 19.6. The Hall–Kier alpha value is -1.93. The van der Waals surface area contributed by atoms with Crippen molar-refractivity contribution in [2.24, 2.45) is 0 Å². The van der Waals surface area contributed by atoms with E-state index in [2.05, 4.69) is 12.2 Å². The minimum absolute atomic E-state index is 0.116. The summed E-state index contributed by atoms with van der Waals surface area (Å²) in [5.74, 6) is -1.01. The maximum absolute atomic E-state index is 13.1. The van der Waals surface area contributed by atoms with E-state index < -0.39 is 27.9 Å². The van der Waals surface area contributed by atoms with E-state index in [4.69, 9.17) is 4.74 Å². The Morgan fingerprint density at radius 2 is 1.68 bits per heavy atom. The highest BCUT2D eigenvalue weighted by Gasteiger charge is 2.39. The molecule has 1 aromatic carbocycles. The number of nitrogens with one attached hydrogen (secondary N) is 1. The number of sulfonamides is 1. The molecule has 0 spiro atoms. The molecule has 2 rings (SSSR count). The molecular weight excluding hydrogens is 416 g/mol. The Labute approximate surface area is 186 Å². The average molecular weight is 453 g/mol. The molecule has 174 valence electrons. The molecule has 1 aliphatic rings. The normalized spacial score (nSPS) is 17.4. The number of unbranched alkanes of at least 4 members (excludes halogenated alkanes) is 7. The van der Waals surface area contributed by atoms with Crippen LogP contribution in [0.2, 0.25) is 0 Å². The quantitative estimate of drug-likeness (QED) is 0.365. The monoisotopic (exact) mass is 452 g/mol. The summed E-state index contributed by atoms with van der Waals surface area (Å²) < 4.78 is 32.5. The Morgan fingerprint density at radius 1 is 1.06 bits per heavy atom. The van der Waals surface area contributed by atoms with E-state index in [0.29, 0.717) is 6.61 Å². The minimum atomic E-state index is -3.88. The lowest BCUT2D eigenvalue weighted by molar-refractivity contribution is -0.147. The van der Waals surface area contributed by atoms with Crippen molar-refractivity contribution >= 4 is 21.9 Å². The summed E-state index contributed by atoms with van der Waals surface area (Å²) in [6.07, 6.45) is 8.85. The van der Waals surface area contributed by atoms with Gasteiger partial charge in [-0.05, 0) is 25.5 Å². The van der Waals surface area contributed by atoms with Crippen LogP contribution in [0.4, 0.5) is 0 Å². The summed E-state index contributed by atoms with van der Waals surface area (Å²) in [6, 6.07) is 5.38. The van der Waals surface area contributed by atoms with Gasteiger partial charge < -0.3 is 10.1 Å². The Balaban J connectivity index is 1.84. The number of carbonyl (C=O) groups is 2. The molecular formula is C23H36N2O5S. The third-order valence-corrected chi connectivity index (χ3v) is 7.45. The van der Waals surface area contributed by atoms with Crippen LogP contribution in [0.15, 0.2) is 29.2 Å². The number of aryl methyl sites for hydroxylation is 1. The van der Waals surface area contributed by atoms with Crippen LogP contribution in [-0.2, 0) is 24.3 Å². The summed E-state index contributed by atoms with van der Waals surface area (Å²) >= 11 is 0.